The molecule has 45 atom stereocenters. The minimum Gasteiger partial charge on any atom is -0.394 e. The molecule has 0 aromatic heterocycles. The number of ether oxygens (including phenoxy) is 17. The minimum absolute atomic E-state index is 0.803. The Labute approximate surface area is 673 Å². The van der Waals surface area contributed by atoms with Gasteiger partial charge in [-0.05, 0) is 0 Å². The predicted molar refractivity (Wildman–Crippen MR) is 365 cm³/mol. The number of aliphatic hydroxyl groups is 23. The summed E-state index contributed by atoms with van der Waals surface area (Å²) in [5.74, 6) is -4.75. The van der Waals surface area contributed by atoms with E-state index in [4.69, 9.17) is 80.5 Å². The van der Waals surface area contributed by atoms with Gasteiger partial charge in [-0.1, -0.05) is 0 Å². The maximum absolute atomic E-state index is 13.1. The number of hydrogen-bond acceptors (Lipinski definition) is 48. The number of nitrogens with one attached hydrogen (secondary N) is 5. The Bertz CT molecular complexity index is 3380. The van der Waals surface area contributed by atoms with E-state index < -0.39 is 375 Å². The minimum atomic E-state index is -5.53. The van der Waals surface area contributed by atoms with Gasteiger partial charge in [0.25, 0.3) is 0 Å². The van der Waals surface area contributed by atoms with Crippen LogP contribution >= 0.6 is 0 Å². The van der Waals surface area contributed by atoms with E-state index in [1.807, 2.05) is 0 Å². The zero-order valence-corrected chi connectivity index (χ0v) is 64.5. The highest BCUT2D eigenvalue weighted by molar-refractivity contribution is 7.80. The van der Waals surface area contributed by atoms with Crippen molar-refractivity contribution in [2.24, 2.45) is 0 Å². The largest absolute Gasteiger partial charge is 0.397 e. The molecule has 9 fully saturated rings. The van der Waals surface area contributed by atoms with Gasteiger partial charge in [0, 0.05) is 34.6 Å². The third-order valence-electron chi connectivity index (χ3n) is 21.0. The molecule has 0 saturated carbocycles. The Hall–Kier alpha value is -4.38. The van der Waals surface area contributed by atoms with E-state index >= 15 is 0 Å². The molecule has 0 unspecified atom stereocenters. The van der Waals surface area contributed by atoms with Crippen LogP contribution in [0.2, 0.25) is 0 Å². The van der Waals surface area contributed by atoms with Gasteiger partial charge < -0.3 is 225 Å². The van der Waals surface area contributed by atoms with Gasteiger partial charge in [0.2, 0.25) is 29.5 Å². The average molecular weight is 1760 g/mol. The van der Waals surface area contributed by atoms with Crippen molar-refractivity contribution in [1.82, 2.24) is 26.6 Å². The lowest BCUT2D eigenvalue weighted by molar-refractivity contribution is -0.398. The topological polar surface area (TPSA) is 831 Å². The SMILES string of the molecule is CC(=O)N[C@@H]1[C@@H](O)[C@H](O[C@@H]2O[C@H](CO)[C@@H](O[C@@H]3O[C@H](CO[C@H]4O[C@H](CO)[C@@H](O)[C@H](O)[C@@H]4O[C@@H]4O[C@H](CO)[C@@H](O[C@@H]5O[C@H](CO)[C@H](O)[C@H](O)[C@H]5O)[C@H](O)[C@H]4NC(C)=O)[C@@H](O)[C@H](O[C@H]4O[C@H](CO)[C@@H](O)[C@H](O)[C@@H]4O[C@@H]4O[C@H](CO)[C@@H](O[C@@H]5O[C@H](CO)[C@H](O)[C@H](OS(=O)(=O)O)[C@H]5NC(C)=O)[C@H](O)[C@H]4NC(C)=O)[C@@H]3O)[C@H](O)[C@H]2NC(C)=O)[C@@H](CO)O[C@H]1O. The first-order chi connectivity index (χ1) is 56.1. The third-order valence-corrected chi connectivity index (χ3v) is 21.4. The van der Waals surface area contributed by atoms with Crippen molar-refractivity contribution in [1.29, 1.82) is 0 Å². The molecule has 0 aromatic carbocycles. The second-order valence-electron chi connectivity index (χ2n) is 29.4. The summed E-state index contributed by atoms with van der Waals surface area (Å²) in [4.78, 5) is 63.8. The number of carbonyl (C=O) groups excluding carboxylic acids is 5. The summed E-state index contributed by atoms with van der Waals surface area (Å²) in [5.41, 5.74) is 0. The van der Waals surface area contributed by atoms with Crippen molar-refractivity contribution in [2.75, 3.05) is 59.5 Å². The van der Waals surface area contributed by atoms with Gasteiger partial charge >= 0.3 is 10.4 Å². The van der Waals surface area contributed by atoms with Crippen LogP contribution in [0.3, 0.4) is 0 Å². The van der Waals surface area contributed by atoms with Crippen molar-refractivity contribution in [2.45, 2.75) is 311 Å². The zero-order valence-electron chi connectivity index (χ0n) is 63.7. The van der Waals surface area contributed by atoms with Gasteiger partial charge in [-0.15, -0.1) is 0 Å². The molecule has 54 nitrogen and oxygen atoms in total. The monoisotopic (exact) mass is 1760 g/mol. The lowest BCUT2D eigenvalue weighted by atomic mass is 9.93. The highest BCUT2D eigenvalue weighted by Gasteiger charge is 2.62. The predicted octanol–water partition coefficient (Wildman–Crippen LogP) is -20.1. The molecule has 9 heterocycles. The number of aliphatic hydroxyl groups excluding tert-OH is 23. The van der Waals surface area contributed by atoms with Crippen LogP contribution in [-0.2, 0) is 119 Å². The quantitative estimate of drug-likeness (QED) is 0.0278. The van der Waals surface area contributed by atoms with E-state index in [0.29, 0.717) is 0 Å². The van der Waals surface area contributed by atoms with Gasteiger partial charge in [-0.3, -0.25) is 28.5 Å². The molecule has 119 heavy (non-hydrogen) atoms. The molecular formula is C64H107N5O49S. The second kappa shape index (κ2) is 42.7. The first kappa shape index (κ1) is 98.4. The van der Waals surface area contributed by atoms with Crippen molar-refractivity contribution in [3.8, 4) is 0 Å². The fourth-order valence-electron chi connectivity index (χ4n) is 15.1. The van der Waals surface area contributed by atoms with Crippen LogP contribution in [-0.4, -0.2) is 495 Å². The first-order valence-corrected chi connectivity index (χ1v) is 38.6. The molecule has 9 saturated heterocycles. The summed E-state index contributed by atoms with van der Waals surface area (Å²) in [6, 6.07) is -9.63. The van der Waals surface area contributed by atoms with E-state index in [0.717, 1.165) is 34.6 Å². The molecule has 9 aliphatic heterocycles. The van der Waals surface area contributed by atoms with Crippen LogP contribution in [0.1, 0.15) is 34.6 Å². The van der Waals surface area contributed by atoms with Crippen LogP contribution < -0.4 is 26.6 Å². The van der Waals surface area contributed by atoms with Crippen LogP contribution in [0.25, 0.3) is 0 Å². The van der Waals surface area contributed by atoms with Gasteiger partial charge in [0.15, 0.2) is 56.6 Å². The van der Waals surface area contributed by atoms with E-state index in [1.54, 1.807) is 0 Å². The lowest BCUT2D eigenvalue weighted by Gasteiger charge is -2.51. The van der Waals surface area contributed by atoms with Crippen molar-refractivity contribution in [3.63, 3.8) is 0 Å². The number of amides is 5. The van der Waals surface area contributed by atoms with E-state index in [1.165, 1.54) is 0 Å². The molecule has 0 radical (unpaired) electrons. The highest BCUT2D eigenvalue weighted by Crippen LogP contribution is 2.40. The second-order valence-corrected chi connectivity index (χ2v) is 30.4. The van der Waals surface area contributed by atoms with Crippen LogP contribution in [0.4, 0.5) is 0 Å². The third kappa shape index (κ3) is 22.7. The fraction of sp³-hybridized carbons (Fsp3) is 0.922. The fourth-order valence-corrected chi connectivity index (χ4v) is 15.6. The van der Waals surface area contributed by atoms with Gasteiger partial charge in [0.05, 0.1) is 59.5 Å². The summed E-state index contributed by atoms with van der Waals surface area (Å²) in [6.07, 6.45) is -85.7. The van der Waals surface area contributed by atoms with Crippen molar-refractivity contribution in [3.05, 3.63) is 0 Å². The smallest absolute Gasteiger partial charge is 0.394 e. The number of hydrogen-bond donors (Lipinski definition) is 29. The lowest BCUT2D eigenvalue weighted by Crippen LogP contribution is -2.71. The molecule has 0 aromatic rings. The molecular weight excluding hydrogens is 1650 g/mol. The first-order valence-electron chi connectivity index (χ1n) is 37.3. The number of carbonyl (C=O) groups is 5. The van der Waals surface area contributed by atoms with Crippen LogP contribution in [0, 0.1) is 0 Å². The van der Waals surface area contributed by atoms with Crippen molar-refractivity contribution < 1.29 is 239 Å². The normalized spacial score (nSPS) is 46.8. The molecule has 0 spiro atoms. The summed E-state index contributed by atoms with van der Waals surface area (Å²) in [5, 5.41) is 269. The molecule has 0 bridgehead atoms. The number of rotatable bonds is 32. The molecule has 9 rings (SSSR count). The van der Waals surface area contributed by atoms with E-state index in [9.17, 15) is 154 Å². The summed E-state index contributed by atoms with van der Waals surface area (Å²) in [7, 11) is -5.53. The van der Waals surface area contributed by atoms with Gasteiger partial charge in [-0.25, -0.2) is 4.18 Å². The highest BCUT2D eigenvalue weighted by atomic mass is 32.3. The van der Waals surface area contributed by atoms with Crippen molar-refractivity contribution >= 4 is 39.9 Å². The molecule has 55 heteroatoms. The summed E-state index contributed by atoms with van der Waals surface area (Å²) in [6.45, 7) is -5.72. The Morgan fingerprint density at radius 2 is 0.529 bits per heavy atom. The molecule has 688 valence electrons. The Morgan fingerprint density at radius 1 is 0.261 bits per heavy atom. The van der Waals surface area contributed by atoms with Crippen LogP contribution in [0.15, 0.2) is 0 Å². The van der Waals surface area contributed by atoms with Crippen LogP contribution in [0.5, 0.6) is 0 Å². The van der Waals surface area contributed by atoms with Gasteiger partial charge in [0.1, 0.15) is 219 Å². The molecule has 0 aliphatic carbocycles. The standard InChI is InChI=1S/C64H107N5O49S/c1-15(78)65-29-39(88)48(24(10-74)102-56(29)97)111-57-30(66-16(2)79)41(90)51(27(13-77)107-57)114-62-47(96)53(38(87)28(110-62)14-101-63-54(44(93)35(84)21(7-71)105-63)116-58-32(68-18(4)81)42(91)50(26(12-76)109-58)113-61-46(95)43(92)34(83)20(6-70)104-61)115-64-55(45(94)36(85)22(8-72)106-64)117-59-31(67-17(3)80)40(89)49(25(11-75)108-59)112-60-33(69-19(5)82)52(118-119(98,99)100)37(86)23(9-73)103-60/h20-64,70-77,83-97H,6-14H2,1-5H3,(H,65,78)(H,66,79)(H,67,80)(H,68,81)(H,69,82)(H,98,99,100)/t20-,21-,22-,23-,24-,25-,26-,27-,28-,29-,30-,31-,32-,33-,34+,35-,36-,37+,38-,39-,40-,41-,42-,43+,44+,45+,46-,47+,48-,49-,50-,51-,52-,53+,54+,55+,56-,57+,58+,59+,60+,61+,62+,63+,64-/m1/s1. The Kier molecular flexibility index (Phi) is 35.3. The Morgan fingerprint density at radius 3 is 0.924 bits per heavy atom. The maximum atomic E-state index is 13.1. The molecule has 29 N–H and O–H groups in total. The summed E-state index contributed by atoms with van der Waals surface area (Å²) < 4.78 is 140. The van der Waals surface area contributed by atoms with E-state index in [2.05, 4.69) is 30.8 Å². The average Bonchev–Trinajstić information content (AvgIpc) is 0.762. The summed E-state index contributed by atoms with van der Waals surface area (Å²) >= 11 is 0. The van der Waals surface area contributed by atoms with E-state index in [-0.39, 0.29) is 0 Å². The molecule has 9 aliphatic rings. The van der Waals surface area contributed by atoms with Gasteiger partial charge in [-0.2, -0.15) is 8.42 Å². The Balaban J connectivity index is 1.06. The maximum Gasteiger partial charge on any atom is 0.397 e. The zero-order chi connectivity index (χ0) is 88.0. The molecule has 5 amide bonds.